The summed E-state index contributed by atoms with van der Waals surface area (Å²) in [5, 5.41) is 10.3. The smallest absolute Gasteiger partial charge is 0.338 e. The number of pyridine rings is 2. The summed E-state index contributed by atoms with van der Waals surface area (Å²) < 4.78 is 12.9. The Labute approximate surface area is 210 Å². The maximum absolute atomic E-state index is 13.0. The van der Waals surface area contributed by atoms with Crippen molar-refractivity contribution in [2.24, 2.45) is 7.05 Å². The van der Waals surface area contributed by atoms with Gasteiger partial charge >= 0.3 is 6.03 Å². The Morgan fingerprint density at radius 2 is 1.97 bits per heavy atom. The van der Waals surface area contributed by atoms with Gasteiger partial charge in [-0.3, -0.25) is 9.69 Å². The second kappa shape index (κ2) is 12.0. The summed E-state index contributed by atoms with van der Waals surface area (Å²) in [5.41, 5.74) is 6.14. The van der Waals surface area contributed by atoms with E-state index in [0.717, 1.165) is 28.7 Å². The molecule has 0 bridgehead atoms. The summed E-state index contributed by atoms with van der Waals surface area (Å²) in [7, 11) is 1.87. The zero-order chi connectivity index (χ0) is 25.5. The van der Waals surface area contributed by atoms with Crippen molar-refractivity contribution in [3.8, 4) is 5.88 Å². The highest BCUT2D eigenvalue weighted by atomic mass is 35.5. The number of aromatic nitrogens is 4. The van der Waals surface area contributed by atoms with Crippen molar-refractivity contribution < 1.29 is 14.3 Å². The van der Waals surface area contributed by atoms with E-state index in [0.29, 0.717) is 43.8 Å². The number of carbonyl (C=O) groups excluding carboxylic acids is 1. The van der Waals surface area contributed by atoms with Gasteiger partial charge in [0.2, 0.25) is 5.88 Å². The van der Waals surface area contributed by atoms with Crippen LogP contribution >= 0.6 is 11.6 Å². The van der Waals surface area contributed by atoms with Crippen LogP contribution in [0.2, 0.25) is 5.15 Å². The number of anilines is 2. The largest absolute Gasteiger partial charge is 0.478 e. The number of urea groups is 1. The molecule has 35 heavy (non-hydrogen) atoms. The van der Waals surface area contributed by atoms with Gasteiger partial charge in [-0.15, -0.1) is 0 Å². The summed E-state index contributed by atoms with van der Waals surface area (Å²) in [6.45, 7) is 12.0. The zero-order valence-corrected chi connectivity index (χ0v) is 21.9. The molecule has 10 nitrogen and oxygen atoms in total. The predicted octanol–water partition coefficient (Wildman–Crippen LogP) is 4.82. The van der Waals surface area contributed by atoms with E-state index in [2.05, 4.69) is 34.7 Å². The Balaban J connectivity index is 1.88. The summed E-state index contributed by atoms with van der Waals surface area (Å²) in [4.78, 5) is 21.9. The quantitative estimate of drug-likeness (QED) is 0.219. The highest BCUT2D eigenvalue weighted by Gasteiger charge is 2.20. The van der Waals surface area contributed by atoms with Crippen molar-refractivity contribution in [3.63, 3.8) is 0 Å². The topological polar surface area (TPSA) is 106 Å². The van der Waals surface area contributed by atoms with E-state index in [1.54, 1.807) is 21.8 Å². The first kappa shape index (κ1) is 26.5. The number of aryl methyl sites for hydroxylation is 2. The molecule has 0 unspecified atom stereocenters. The molecule has 3 heterocycles. The Kier molecular flexibility index (Phi) is 9.11. The number of hydrazine groups is 1. The van der Waals surface area contributed by atoms with E-state index in [1.807, 2.05) is 33.9 Å². The van der Waals surface area contributed by atoms with Crippen molar-refractivity contribution in [1.29, 1.82) is 0 Å². The molecule has 0 fully saturated rings. The molecule has 0 aliphatic carbocycles. The van der Waals surface area contributed by atoms with Gasteiger partial charge in [-0.1, -0.05) is 32.4 Å². The lowest BCUT2D eigenvalue weighted by Gasteiger charge is -2.25. The minimum absolute atomic E-state index is 0.224. The van der Waals surface area contributed by atoms with E-state index in [1.165, 1.54) is 0 Å². The average Bonchev–Trinajstić information content (AvgIpc) is 3.09. The van der Waals surface area contributed by atoms with Crippen LogP contribution < -0.4 is 20.5 Å². The Hall–Kier alpha value is -3.11. The van der Waals surface area contributed by atoms with Crippen LogP contribution in [0.25, 0.3) is 11.0 Å². The molecule has 0 spiro atoms. The molecular weight excluding hydrogens is 470 g/mol. The first-order valence-corrected chi connectivity index (χ1v) is 12.2. The number of amides is 2. The zero-order valence-electron chi connectivity index (χ0n) is 21.2. The van der Waals surface area contributed by atoms with E-state index in [-0.39, 0.29) is 11.1 Å². The van der Waals surface area contributed by atoms with Crippen LogP contribution in [0, 0.1) is 6.92 Å². The fourth-order valence-electron chi connectivity index (χ4n) is 3.69. The molecule has 0 aromatic carbocycles. The summed E-state index contributed by atoms with van der Waals surface area (Å²) >= 11 is 6.11. The third-order valence-corrected chi connectivity index (χ3v) is 5.46. The molecule has 2 amide bonds. The molecule has 0 aliphatic heterocycles. The van der Waals surface area contributed by atoms with E-state index >= 15 is 0 Å². The minimum Gasteiger partial charge on any atom is -0.478 e. The fourth-order valence-corrected chi connectivity index (χ4v) is 3.89. The van der Waals surface area contributed by atoms with Crippen molar-refractivity contribution >= 4 is 40.2 Å². The molecular formula is C24H34ClN7O3. The number of hydrogen-bond acceptors (Lipinski definition) is 7. The maximum atomic E-state index is 13.0. The Bertz CT molecular complexity index is 1170. The summed E-state index contributed by atoms with van der Waals surface area (Å²) in [5.74, 6) is 1.19. The molecule has 0 saturated carbocycles. The number of nitrogens with one attached hydrogen (secondary N) is 2. The van der Waals surface area contributed by atoms with Crippen LogP contribution in [0.4, 0.5) is 16.3 Å². The van der Waals surface area contributed by atoms with E-state index in [9.17, 15) is 4.79 Å². The number of carbonyl (C=O) groups is 1. The predicted molar refractivity (Wildman–Crippen MR) is 138 cm³/mol. The average molecular weight is 504 g/mol. The lowest BCUT2D eigenvalue weighted by molar-refractivity contribution is 0.152. The van der Waals surface area contributed by atoms with Gasteiger partial charge in [0, 0.05) is 25.1 Å². The van der Waals surface area contributed by atoms with Gasteiger partial charge in [0.25, 0.3) is 0 Å². The van der Waals surface area contributed by atoms with Crippen molar-refractivity contribution in [2.45, 2.75) is 47.0 Å². The van der Waals surface area contributed by atoms with Gasteiger partial charge in [-0.25, -0.2) is 20.2 Å². The van der Waals surface area contributed by atoms with Crippen LogP contribution in [0.5, 0.6) is 5.88 Å². The van der Waals surface area contributed by atoms with Gasteiger partial charge in [0.05, 0.1) is 31.1 Å². The molecule has 190 valence electrons. The van der Waals surface area contributed by atoms with Crippen LogP contribution in [0.15, 0.2) is 18.2 Å². The third kappa shape index (κ3) is 6.73. The second-order valence-electron chi connectivity index (χ2n) is 8.41. The van der Waals surface area contributed by atoms with Crippen LogP contribution in [0.1, 0.15) is 51.3 Å². The summed E-state index contributed by atoms with van der Waals surface area (Å²) in [6.07, 6.45) is 0.831. The Morgan fingerprint density at radius 3 is 2.66 bits per heavy atom. The third-order valence-electron chi connectivity index (χ3n) is 5.27. The SMILES string of the molecule is CCCOc1cc(NC(=O)NN(CCOCC)c2cc(C(C)C)c3c(C)nn(C)c3n2)cc(Cl)n1. The molecule has 3 aromatic heterocycles. The van der Waals surface area contributed by atoms with E-state index < -0.39 is 6.03 Å². The van der Waals surface area contributed by atoms with Crippen molar-refractivity contribution in [2.75, 3.05) is 36.7 Å². The van der Waals surface area contributed by atoms with Crippen molar-refractivity contribution in [3.05, 3.63) is 34.6 Å². The van der Waals surface area contributed by atoms with Gasteiger partial charge < -0.3 is 14.8 Å². The number of hydrogen-bond donors (Lipinski definition) is 2. The first-order valence-electron chi connectivity index (χ1n) is 11.8. The number of rotatable bonds is 11. The second-order valence-corrected chi connectivity index (χ2v) is 8.80. The minimum atomic E-state index is -0.459. The maximum Gasteiger partial charge on any atom is 0.338 e. The summed E-state index contributed by atoms with van der Waals surface area (Å²) in [6, 6.07) is 4.72. The number of ether oxygens (including phenoxy) is 2. The normalized spacial score (nSPS) is 11.2. The molecule has 0 radical (unpaired) electrons. The Morgan fingerprint density at radius 1 is 1.20 bits per heavy atom. The lowest BCUT2D eigenvalue weighted by atomic mass is 10.00. The van der Waals surface area contributed by atoms with Crippen LogP contribution in [-0.4, -0.2) is 52.1 Å². The van der Waals surface area contributed by atoms with Gasteiger partial charge in [-0.05, 0) is 43.9 Å². The van der Waals surface area contributed by atoms with Crippen LogP contribution in [-0.2, 0) is 11.8 Å². The standard InChI is InChI=1S/C24H34ClN7O3/c1-7-10-35-21-13-17(12-19(25)27-21)26-24(33)30-32(9-11-34-8-2)20-14-18(15(3)4)22-16(5)29-31(6)23(22)28-20/h12-15H,7-11H2,1-6H3,(H2,26,27,30,33). The highest BCUT2D eigenvalue weighted by molar-refractivity contribution is 6.29. The van der Waals surface area contributed by atoms with Gasteiger partial charge in [0.15, 0.2) is 5.65 Å². The monoisotopic (exact) mass is 503 g/mol. The fraction of sp³-hybridized carbons (Fsp3) is 0.500. The van der Waals surface area contributed by atoms with Crippen LogP contribution in [0.3, 0.4) is 0 Å². The molecule has 2 N–H and O–H groups in total. The first-order chi connectivity index (χ1) is 16.7. The molecule has 3 rings (SSSR count). The number of fused-ring (bicyclic) bond motifs is 1. The van der Waals surface area contributed by atoms with E-state index in [4.69, 9.17) is 26.1 Å². The molecule has 3 aromatic rings. The molecule has 0 aliphatic rings. The molecule has 11 heteroatoms. The highest BCUT2D eigenvalue weighted by Crippen LogP contribution is 2.30. The van der Waals surface area contributed by atoms with Crippen molar-refractivity contribution in [1.82, 2.24) is 25.2 Å². The number of nitrogens with zero attached hydrogens (tertiary/aromatic N) is 5. The van der Waals surface area contributed by atoms with Gasteiger partial charge in [0.1, 0.15) is 11.0 Å². The number of halogens is 1. The van der Waals surface area contributed by atoms with Gasteiger partial charge in [-0.2, -0.15) is 5.10 Å². The lowest BCUT2D eigenvalue weighted by Crippen LogP contribution is -2.46. The molecule has 0 saturated heterocycles. The molecule has 0 atom stereocenters.